The summed E-state index contributed by atoms with van der Waals surface area (Å²) in [7, 11) is 0. The maximum Gasteiger partial charge on any atom is 0.0399 e. The molecule has 1 aliphatic carbocycles. The Balaban J connectivity index is 1.99. The third-order valence-electron chi connectivity index (χ3n) is 4.05. The first kappa shape index (κ1) is 13.4. The van der Waals surface area contributed by atoms with Crippen molar-refractivity contribution < 1.29 is 0 Å². The van der Waals surface area contributed by atoms with Gasteiger partial charge in [-0.05, 0) is 43.9 Å². The molecule has 0 fully saturated rings. The van der Waals surface area contributed by atoms with E-state index in [0.717, 1.165) is 6.42 Å². The van der Waals surface area contributed by atoms with E-state index in [0.29, 0.717) is 12.0 Å². The molecule has 2 atom stereocenters. The molecule has 0 amide bonds. The first-order chi connectivity index (χ1) is 9.54. The van der Waals surface area contributed by atoms with Gasteiger partial charge in [0, 0.05) is 17.5 Å². The van der Waals surface area contributed by atoms with Crippen molar-refractivity contribution in [2.75, 3.05) is 0 Å². The Morgan fingerprint density at radius 1 is 0.900 bits per heavy atom. The van der Waals surface area contributed by atoms with Gasteiger partial charge < -0.3 is 5.32 Å². The summed E-state index contributed by atoms with van der Waals surface area (Å²) in [5.41, 5.74) is 4.51. The van der Waals surface area contributed by atoms with Crippen molar-refractivity contribution >= 4 is 0 Å². The summed E-state index contributed by atoms with van der Waals surface area (Å²) in [6, 6.07) is 20.2. The molecule has 104 valence electrons. The van der Waals surface area contributed by atoms with Crippen LogP contribution in [0.4, 0.5) is 0 Å². The van der Waals surface area contributed by atoms with E-state index in [1.165, 1.54) is 16.7 Å². The topological polar surface area (TPSA) is 12.0 Å². The van der Waals surface area contributed by atoms with Crippen molar-refractivity contribution in [1.82, 2.24) is 5.32 Å². The highest BCUT2D eigenvalue weighted by molar-refractivity contribution is 5.41. The van der Waals surface area contributed by atoms with Gasteiger partial charge in [-0.15, -0.1) is 0 Å². The van der Waals surface area contributed by atoms with Crippen LogP contribution in [0.1, 0.15) is 49.4 Å². The number of hydrogen-bond acceptors (Lipinski definition) is 1. The van der Waals surface area contributed by atoms with E-state index >= 15 is 0 Å². The maximum absolute atomic E-state index is 3.82. The second-order valence-electron chi connectivity index (χ2n) is 6.79. The molecule has 1 heteroatoms. The van der Waals surface area contributed by atoms with Crippen LogP contribution in [0.3, 0.4) is 0 Å². The Labute approximate surface area is 122 Å². The molecule has 0 saturated carbocycles. The zero-order valence-electron chi connectivity index (χ0n) is 12.6. The van der Waals surface area contributed by atoms with E-state index in [9.17, 15) is 0 Å². The highest BCUT2D eigenvalue weighted by Crippen LogP contribution is 2.43. The molecule has 1 nitrogen and oxygen atoms in total. The first-order valence-corrected chi connectivity index (χ1v) is 7.45. The number of benzene rings is 2. The summed E-state index contributed by atoms with van der Waals surface area (Å²) in [6.45, 7) is 6.74. The summed E-state index contributed by atoms with van der Waals surface area (Å²) in [5.74, 6) is 0.535. The predicted molar refractivity (Wildman–Crippen MR) is 85.0 cm³/mol. The fourth-order valence-corrected chi connectivity index (χ4v) is 3.25. The Bertz CT molecular complexity index is 580. The quantitative estimate of drug-likeness (QED) is 0.845. The van der Waals surface area contributed by atoms with E-state index in [4.69, 9.17) is 0 Å². The van der Waals surface area contributed by atoms with Gasteiger partial charge in [0.05, 0.1) is 0 Å². The summed E-state index contributed by atoms with van der Waals surface area (Å²) >= 11 is 0. The van der Waals surface area contributed by atoms with Crippen LogP contribution in [0.5, 0.6) is 0 Å². The second-order valence-corrected chi connectivity index (χ2v) is 6.79. The normalized spacial score (nSPS) is 21.8. The molecule has 0 bridgehead atoms. The average molecular weight is 265 g/mol. The van der Waals surface area contributed by atoms with Crippen LogP contribution in [0.2, 0.25) is 0 Å². The molecule has 0 unspecified atom stereocenters. The Morgan fingerprint density at radius 2 is 1.55 bits per heavy atom. The average Bonchev–Trinajstić information content (AvgIpc) is 2.77. The molecule has 2 aromatic carbocycles. The van der Waals surface area contributed by atoms with Crippen molar-refractivity contribution in [1.29, 1.82) is 0 Å². The van der Waals surface area contributed by atoms with E-state index in [1.807, 2.05) is 0 Å². The first-order valence-electron chi connectivity index (χ1n) is 7.45. The fourth-order valence-electron chi connectivity index (χ4n) is 3.25. The Morgan fingerprint density at radius 3 is 2.25 bits per heavy atom. The van der Waals surface area contributed by atoms with Crippen molar-refractivity contribution in [2.45, 2.75) is 44.7 Å². The third-order valence-corrected chi connectivity index (χ3v) is 4.05. The number of nitrogens with one attached hydrogen (secondary N) is 1. The van der Waals surface area contributed by atoms with Crippen molar-refractivity contribution in [3.8, 4) is 0 Å². The summed E-state index contributed by atoms with van der Waals surface area (Å²) in [6.07, 6.45) is 1.13. The lowest BCUT2D eigenvalue weighted by Gasteiger charge is -2.31. The monoisotopic (exact) mass is 265 g/mol. The molecule has 0 spiro atoms. The zero-order valence-corrected chi connectivity index (χ0v) is 12.6. The number of fused-ring (bicyclic) bond motifs is 1. The van der Waals surface area contributed by atoms with Gasteiger partial charge >= 0.3 is 0 Å². The molecule has 0 saturated heterocycles. The van der Waals surface area contributed by atoms with Gasteiger partial charge in [-0.1, -0.05) is 54.6 Å². The molecule has 1 aliphatic rings. The number of rotatable bonds is 2. The van der Waals surface area contributed by atoms with Crippen molar-refractivity contribution in [2.24, 2.45) is 0 Å². The summed E-state index contributed by atoms with van der Waals surface area (Å²) < 4.78 is 0. The van der Waals surface area contributed by atoms with E-state index in [-0.39, 0.29) is 5.54 Å². The van der Waals surface area contributed by atoms with Crippen molar-refractivity contribution in [3.63, 3.8) is 0 Å². The summed E-state index contributed by atoms with van der Waals surface area (Å²) in [5, 5.41) is 3.82. The Hall–Kier alpha value is -1.60. The van der Waals surface area contributed by atoms with Gasteiger partial charge in [-0.25, -0.2) is 0 Å². The standard InChI is InChI=1S/C19H23N/c1-19(2,3)20-18-16-12-8-7-11-15(16)13-17(18)14-9-5-4-6-10-14/h4-12,17-18,20H,13H2,1-3H3/t17-,18-/m1/s1. The molecule has 0 radical (unpaired) electrons. The van der Waals surface area contributed by atoms with Gasteiger partial charge in [-0.2, -0.15) is 0 Å². The van der Waals surface area contributed by atoms with Gasteiger partial charge in [0.2, 0.25) is 0 Å². The molecule has 0 aliphatic heterocycles. The molecule has 0 aromatic heterocycles. The molecular weight excluding hydrogens is 242 g/mol. The second kappa shape index (κ2) is 5.06. The lowest BCUT2D eigenvalue weighted by Crippen LogP contribution is -2.40. The lowest BCUT2D eigenvalue weighted by atomic mass is 9.90. The highest BCUT2D eigenvalue weighted by atomic mass is 15.0. The molecule has 1 N–H and O–H groups in total. The van der Waals surface area contributed by atoms with E-state index in [2.05, 4.69) is 80.7 Å². The van der Waals surface area contributed by atoms with Crippen LogP contribution in [-0.4, -0.2) is 5.54 Å². The lowest BCUT2D eigenvalue weighted by molar-refractivity contribution is 0.340. The minimum atomic E-state index is 0.120. The van der Waals surface area contributed by atoms with Crippen LogP contribution in [0, 0.1) is 0 Å². The highest BCUT2D eigenvalue weighted by Gasteiger charge is 2.35. The molecular formula is C19H23N. The van der Waals surface area contributed by atoms with Crippen LogP contribution in [-0.2, 0) is 6.42 Å². The van der Waals surface area contributed by atoms with Crippen LogP contribution in [0.15, 0.2) is 54.6 Å². The minimum absolute atomic E-state index is 0.120. The van der Waals surface area contributed by atoms with E-state index < -0.39 is 0 Å². The van der Waals surface area contributed by atoms with Crippen molar-refractivity contribution in [3.05, 3.63) is 71.3 Å². The maximum atomic E-state index is 3.82. The molecule has 2 aromatic rings. The zero-order chi connectivity index (χ0) is 14.2. The van der Waals surface area contributed by atoms with Gasteiger partial charge in [0.15, 0.2) is 0 Å². The largest absolute Gasteiger partial charge is 0.305 e. The van der Waals surface area contributed by atoms with Gasteiger partial charge in [-0.3, -0.25) is 0 Å². The molecule has 3 rings (SSSR count). The van der Waals surface area contributed by atoms with Crippen LogP contribution >= 0.6 is 0 Å². The minimum Gasteiger partial charge on any atom is -0.305 e. The van der Waals surface area contributed by atoms with Gasteiger partial charge in [0.1, 0.15) is 0 Å². The SMILES string of the molecule is CC(C)(C)N[C@@H]1c2ccccc2C[C@@H]1c1ccccc1. The van der Waals surface area contributed by atoms with E-state index in [1.54, 1.807) is 0 Å². The summed E-state index contributed by atoms with van der Waals surface area (Å²) in [4.78, 5) is 0. The molecule has 0 heterocycles. The van der Waals surface area contributed by atoms with Crippen LogP contribution in [0.25, 0.3) is 0 Å². The van der Waals surface area contributed by atoms with Gasteiger partial charge in [0.25, 0.3) is 0 Å². The van der Waals surface area contributed by atoms with Crippen LogP contribution < -0.4 is 5.32 Å². The third kappa shape index (κ3) is 2.64. The Kier molecular flexibility index (Phi) is 3.39. The number of hydrogen-bond donors (Lipinski definition) is 1. The predicted octanol–water partition coefficient (Wildman–Crippen LogP) is 4.46. The fraction of sp³-hybridized carbons (Fsp3) is 0.368. The smallest absolute Gasteiger partial charge is 0.0399 e. The molecule has 20 heavy (non-hydrogen) atoms.